The number of aliphatic hydroxyl groups is 1. The van der Waals surface area contributed by atoms with E-state index in [0.29, 0.717) is 23.3 Å². The van der Waals surface area contributed by atoms with Gasteiger partial charge in [0.2, 0.25) is 0 Å². The van der Waals surface area contributed by atoms with Crippen LogP contribution in [0.4, 0.5) is 0 Å². The second kappa shape index (κ2) is 4.65. The molecule has 2 aliphatic rings. The summed E-state index contributed by atoms with van der Waals surface area (Å²) >= 11 is 1.43. The first-order chi connectivity index (χ1) is 9.70. The number of thiophene rings is 1. The molecule has 0 spiro atoms. The number of H-pyrrole nitrogens is 1. The number of fused-ring (bicyclic) bond motifs is 3. The Morgan fingerprint density at radius 3 is 2.90 bits per heavy atom. The quantitative estimate of drug-likeness (QED) is 0.879. The summed E-state index contributed by atoms with van der Waals surface area (Å²) in [6.45, 7) is 0.684. The summed E-state index contributed by atoms with van der Waals surface area (Å²) in [5.41, 5.74) is 0.752. The molecule has 2 aliphatic heterocycles. The zero-order valence-electron chi connectivity index (χ0n) is 11.1. The molecule has 4 heterocycles. The van der Waals surface area contributed by atoms with E-state index in [-0.39, 0.29) is 11.7 Å². The number of rotatable bonds is 2. The van der Waals surface area contributed by atoms with E-state index in [0.717, 1.165) is 37.0 Å². The summed E-state index contributed by atoms with van der Waals surface area (Å²) in [5.74, 6) is 0.745. The fraction of sp³-hybridized carbons (Fsp3) is 0.571. The van der Waals surface area contributed by atoms with Gasteiger partial charge in [-0.3, -0.25) is 9.69 Å². The first-order valence-corrected chi connectivity index (χ1v) is 7.99. The summed E-state index contributed by atoms with van der Waals surface area (Å²) in [4.78, 5) is 21.9. The second-order valence-corrected chi connectivity index (χ2v) is 6.75. The molecule has 4 rings (SSSR count). The van der Waals surface area contributed by atoms with Gasteiger partial charge in [-0.15, -0.1) is 11.3 Å². The highest BCUT2D eigenvalue weighted by molar-refractivity contribution is 7.17. The Balaban J connectivity index is 1.63. The first-order valence-electron chi connectivity index (χ1n) is 7.11. The highest BCUT2D eigenvalue weighted by atomic mass is 32.1. The van der Waals surface area contributed by atoms with Gasteiger partial charge in [0, 0.05) is 12.1 Å². The Labute approximate surface area is 120 Å². The van der Waals surface area contributed by atoms with E-state index in [1.165, 1.54) is 11.3 Å². The first kappa shape index (κ1) is 12.5. The van der Waals surface area contributed by atoms with Crippen LogP contribution in [0.1, 0.15) is 31.5 Å². The van der Waals surface area contributed by atoms with E-state index in [2.05, 4.69) is 14.9 Å². The SMILES string of the molecule is O=c1[nH]c(CN2C3CCC2CC(O)C3)nc2ccsc12. The van der Waals surface area contributed by atoms with E-state index >= 15 is 0 Å². The highest BCUT2D eigenvalue weighted by Gasteiger charge is 2.40. The van der Waals surface area contributed by atoms with Crippen LogP contribution in [0.5, 0.6) is 0 Å². The van der Waals surface area contributed by atoms with Gasteiger partial charge < -0.3 is 10.1 Å². The molecule has 2 N–H and O–H groups in total. The molecule has 5 nitrogen and oxygen atoms in total. The van der Waals surface area contributed by atoms with Crippen molar-refractivity contribution in [1.82, 2.24) is 14.9 Å². The predicted octanol–water partition coefficient (Wildman–Crippen LogP) is 1.47. The smallest absolute Gasteiger partial charge is 0.268 e. The van der Waals surface area contributed by atoms with Gasteiger partial charge in [0.15, 0.2) is 0 Å². The van der Waals surface area contributed by atoms with Crippen molar-refractivity contribution >= 4 is 21.6 Å². The van der Waals surface area contributed by atoms with Crippen molar-refractivity contribution in [2.45, 2.75) is 50.4 Å². The van der Waals surface area contributed by atoms with Crippen LogP contribution in [0.3, 0.4) is 0 Å². The molecule has 2 aromatic heterocycles. The van der Waals surface area contributed by atoms with Gasteiger partial charge in [-0.05, 0) is 37.1 Å². The van der Waals surface area contributed by atoms with E-state index in [1.807, 2.05) is 11.4 Å². The van der Waals surface area contributed by atoms with Crippen molar-refractivity contribution in [2.24, 2.45) is 0 Å². The molecule has 0 aliphatic carbocycles. The van der Waals surface area contributed by atoms with Crippen LogP contribution in [0.15, 0.2) is 16.2 Å². The number of aromatic amines is 1. The van der Waals surface area contributed by atoms with Gasteiger partial charge >= 0.3 is 0 Å². The van der Waals surface area contributed by atoms with Crippen LogP contribution in [0.2, 0.25) is 0 Å². The standard InChI is InChI=1S/C14H17N3O2S/c18-10-5-8-1-2-9(6-10)17(8)7-12-15-11-3-4-20-13(11)14(19)16-12/h3-4,8-10,18H,1-2,5-7H2,(H,15,16,19). The minimum Gasteiger partial charge on any atom is -0.393 e. The molecule has 0 aromatic carbocycles. The maximum absolute atomic E-state index is 12.0. The Bertz CT molecular complexity index is 681. The summed E-state index contributed by atoms with van der Waals surface area (Å²) in [6, 6.07) is 2.77. The van der Waals surface area contributed by atoms with Crippen molar-refractivity contribution in [3.63, 3.8) is 0 Å². The molecular weight excluding hydrogens is 274 g/mol. The fourth-order valence-electron chi connectivity index (χ4n) is 3.67. The largest absolute Gasteiger partial charge is 0.393 e. The third-order valence-electron chi connectivity index (χ3n) is 4.56. The van der Waals surface area contributed by atoms with Gasteiger partial charge in [0.25, 0.3) is 5.56 Å². The normalized spacial score (nSPS) is 30.1. The minimum absolute atomic E-state index is 0.0376. The molecule has 0 amide bonds. The maximum Gasteiger partial charge on any atom is 0.268 e. The van der Waals surface area contributed by atoms with Gasteiger partial charge in [0.05, 0.1) is 18.2 Å². The van der Waals surface area contributed by atoms with Crippen molar-refractivity contribution in [3.8, 4) is 0 Å². The van der Waals surface area contributed by atoms with Gasteiger partial charge in [0.1, 0.15) is 10.5 Å². The zero-order chi connectivity index (χ0) is 13.7. The molecule has 2 fully saturated rings. The van der Waals surface area contributed by atoms with Gasteiger partial charge in [-0.2, -0.15) is 0 Å². The van der Waals surface area contributed by atoms with Crippen molar-refractivity contribution < 1.29 is 5.11 Å². The summed E-state index contributed by atoms with van der Waals surface area (Å²) in [5, 5.41) is 11.7. The Morgan fingerprint density at radius 2 is 2.15 bits per heavy atom. The molecule has 6 heteroatoms. The number of aliphatic hydroxyl groups excluding tert-OH is 1. The van der Waals surface area contributed by atoms with Crippen LogP contribution < -0.4 is 5.56 Å². The lowest BCUT2D eigenvalue weighted by molar-refractivity contribution is 0.0296. The topological polar surface area (TPSA) is 69.2 Å². The van der Waals surface area contributed by atoms with E-state index in [9.17, 15) is 9.90 Å². The molecule has 2 saturated heterocycles. The Hall–Kier alpha value is -1.24. The third kappa shape index (κ3) is 1.99. The van der Waals surface area contributed by atoms with Crippen LogP contribution in [-0.2, 0) is 6.54 Å². The van der Waals surface area contributed by atoms with E-state index < -0.39 is 0 Å². The molecule has 2 aromatic rings. The number of piperidine rings is 1. The molecule has 20 heavy (non-hydrogen) atoms. The van der Waals surface area contributed by atoms with Crippen LogP contribution >= 0.6 is 11.3 Å². The van der Waals surface area contributed by atoms with E-state index in [1.54, 1.807) is 0 Å². The number of aromatic nitrogens is 2. The third-order valence-corrected chi connectivity index (χ3v) is 5.46. The molecule has 2 unspecified atom stereocenters. The van der Waals surface area contributed by atoms with Crippen molar-refractivity contribution in [3.05, 3.63) is 27.6 Å². The minimum atomic E-state index is -0.157. The number of hydrogen-bond acceptors (Lipinski definition) is 5. The lowest BCUT2D eigenvalue weighted by atomic mass is 10.00. The van der Waals surface area contributed by atoms with Gasteiger partial charge in [-0.1, -0.05) is 0 Å². The maximum atomic E-state index is 12.0. The number of nitrogens with zero attached hydrogens (tertiary/aromatic N) is 2. The zero-order valence-corrected chi connectivity index (χ0v) is 11.9. The molecular formula is C14H17N3O2S. The predicted molar refractivity (Wildman–Crippen MR) is 77.8 cm³/mol. The monoisotopic (exact) mass is 291 g/mol. The number of hydrogen-bond donors (Lipinski definition) is 2. The van der Waals surface area contributed by atoms with Crippen molar-refractivity contribution in [2.75, 3.05) is 0 Å². The summed E-state index contributed by atoms with van der Waals surface area (Å²) in [7, 11) is 0. The Kier molecular flexibility index (Phi) is 2.90. The summed E-state index contributed by atoms with van der Waals surface area (Å²) < 4.78 is 0.700. The van der Waals surface area contributed by atoms with Crippen LogP contribution in [-0.4, -0.2) is 38.2 Å². The fourth-order valence-corrected chi connectivity index (χ4v) is 4.40. The molecule has 106 valence electrons. The Morgan fingerprint density at radius 1 is 1.40 bits per heavy atom. The average Bonchev–Trinajstić information content (AvgIpc) is 2.95. The molecule has 2 atom stereocenters. The van der Waals surface area contributed by atoms with Crippen LogP contribution in [0, 0.1) is 0 Å². The molecule has 0 radical (unpaired) electrons. The van der Waals surface area contributed by atoms with Crippen molar-refractivity contribution in [1.29, 1.82) is 0 Å². The van der Waals surface area contributed by atoms with E-state index in [4.69, 9.17) is 0 Å². The second-order valence-electron chi connectivity index (χ2n) is 5.83. The summed E-state index contributed by atoms with van der Waals surface area (Å²) in [6.07, 6.45) is 3.83. The average molecular weight is 291 g/mol. The highest BCUT2D eigenvalue weighted by Crippen LogP contribution is 2.36. The van der Waals surface area contributed by atoms with Crippen LogP contribution in [0.25, 0.3) is 10.2 Å². The van der Waals surface area contributed by atoms with Gasteiger partial charge in [-0.25, -0.2) is 4.98 Å². The molecule has 2 bridgehead atoms. The lowest BCUT2D eigenvalue weighted by Crippen LogP contribution is -2.44. The molecule has 0 saturated carbocycles. The lowest BCUT2D eigenvalue weighted by Gasteiger charge is -2.36. The number of nitrogens with one attached hydrogen (secondary N) is 1.